The number of halogens is 2. The van der Waals surface area contributed by atoms with Gasteiger partial charge in [-0.15, -0.1) is 0 Å². The zero-order chi connectivity index (χ0) is 37.3. The molecule has 0 radical (unpaired) electrons. The molecular weight excluding hydrogens is 697 g/mol. The van der Waals surface area contributed by atoms with Gasteiger partial charge in [-0.2, -0.15) is 5.10 Å². The first-order valence-corrected chi connectivity index (χ1v) is 18.4. The molecule has 0 fully saturated rings. The van der Waals surface area contributed by atoms with Crippen LogP contribution in [0.15, 0.2) is 48.7 Å². The number of carbonyl (C=O) groups is 2. The van der Waals surface area contributed by atoms with Crippen molar-refractivity contribution in [2.75, 3.05) is 18.1 Å². The van der Waals surface area contributed by atoms with Crippen LogP contribution < -0.4 is 9.64 Å². The first kappa shape index (κ1) is 35.7. The van der Waals surface area contributed by atoms with Crippen molar-refractivity contribution in [3.05, 3.63) is 98.0 Å². The molecule has 6 aromatic rings. The summed E-state index contributed by atoms with van der Waals surface area (Å²) in [5.41, 5.74) is 9.80. The molecular formula is C41H43Cl2N5O4. The van der Waals surface area contributed by atoms with Crippen LogP contribution in [-0.2, 0) is 13.5 Å². The number of hydrogen-bond acceptors (Lipinski definition) is 4. The van der Waals surface area contributed by atoms with Crippen LogP contribution in [0, 0.1) is 27.7 Å². The maximum atomic E-state index is 15.1. The first-order chi connectivity index (χ1) is 24.7. The van der Waals surface area contributed by atoms with E-state index >= 15 is 4.79 Å². The van der Waals surface area contributed by atoms with Gasteiger partial charge >= 0.3 is 5.97 Å². The van der Waals surface area contributed by atoms with Crippen LogP contribution in [0.5, 0.6) is 5.75 Å². The number of carboxylic acid groups (broad SMARTS) is 1. The summed E-state index contributed by atoms with van der Waals surface area (Å²) in [7, 11) is 1.93. The molecule has 52 heavy (non-hydrogen) atoms. The van der Waals surface area contributed by atoms with Gasteiger partial charge in [0.25, 0.3) is 5.91 Å². The van der Waals surface area contributed by atoms with Crippen LogP contribution in [0.2, 0.25) is 10.0 Å². The van der Waals surface area contributed by atoms with Gasteiger partial charge in [0.05, 0.1) is 39.6 Å². The SMILES string of the molecule is Cc1cc(OCCCc2c3n(c4c(-c5c(C)nn(C)c5C)c(Cl)ccc24)C(C)CN(c2cn(C(C)C)c4ccc(C(=O)O)cc24)C3=O)cc(C)c1Cl. The maximum Gasteiger partial charge on any atom is 0.335 e. The molecule has 1 aliphatic heterocycles. The molecule has 3 aromatic heterocycles. The topological polar surface area (TPSA) is 94.5 Å². The fraction of sp³-hybridized carbons (Fsp3) is 0.341. The molecule has 1 N–H and O–H groups in total. The minimum absolute atomic E-state index is 0.0927. The smallest absolute Gasteiger partial charge is 0.335 e. The zero-order valence-corrected chi connectivity index (χ0v) is 32.3. The fourth-order valence-corrected chi connectivity index (χ4v) is 8.31. The third-order valence-corrected chi connectivity index (χ3v) is 11.4. The number of nitrogens with zero attached hydrogens (tertiary/aromatic N) is 5. The Morgan fingerprint density at radius 1 is 1.02 bits per heavy atom. The Kier molecular flexibility index (Phi) is 9.16. The standard InChI is InChI=1S/C41H43Cl2N5O4/c1-21(2)46-20-34(31-18-27(41(50)51)11-14-33(31)46)47-19-24(5)48-38-30(12-13-32(42)36(38)35-25(6)44-45(8)26(35)7)29(39(48)40(47)49)10-9-15-52-28-16-22(3)37(43)23(4)17-28/h11-14,16-18,20-21,24H,9-10,15,19H2,1-8H3,(H,50,51). The molecule has 4 heterocycles. The molecule has 1 atom stereocenters. The number of amides is 1. The second-order valence-corrected chi connectivity index (χ2v) is 15.1. The van der Waals surface area contributed by atoms with Crippen molar-refractivity contribution in [2.24, 2.45) is 7.05 Å². The molecule has 9 nitrogen and oxygen atoms in total. The average molecular weight is 741 g/mol. The third kappa shape index (κ3) is 5.75. The van der Waals surface area contributed by atoms with E-state index in [0.717, 1.165) is 71.8 Å². The maximum absolute atomic E-state index is 15.1. The number of fused-ring (bicyclic) bond motifs is 4. The summed E-state index contributed by atoms with van der Waals surface area (Å²) >= 11 is 13.5. The number of aryl methyl sites for hydroxylation is 5. The summed E-state index contributed by atoms with van der Waals surface area (Å²) < 4.78 is 12.4. The van der Waals surface area contributed by atoms with Gasteiger partial charge < -0.3 is 23.9 Å². The molecule has 7 rings (SSSR count). The lowest BCUT2D eigenvalue weighted by Gasteiger charge is -2.34. The van der Waals surface area contributed by atoms with Crippen molar-refractivity contribution < 1.29 is 19.4 Å². The minimum atomic E-state index is -1.01. The van der Waals surface area contributed by atoms with Gasteiger partial charge in [0, 0.05) is 64.5 Å². The van der Waals surface area contributed by atoms with E-state index in [9.17, 15) is 9.90 Å². The minimum Gasteiger partial charge on any atom is -0.494 e. The van der Waals surface area contributed by atoms with E-state index in [1.807, 2.05) is 80.9 Å². The van der Waals surface area contributed by atoms with E-state index in [1.54, 1.807) is 12.1 Å². The molecule has 3 aromatic carbocycles. The van der Waals surface area contributed by atoms with Crippen LogP contribution in [0.25, 0.3) is 32.9 Å². The Morgan fingerprint density at radius 2 is 1.73 bits per heavy atom. The summed E-state index contributed by atoms with van der Waals surface area (Å²) in [6, 6.07) is 12.9. The molecule has 270 valence electrons. The summed E-state index contributed by atoms with van der Waals surface area (Å²) in [5.74, 6) is -0.389. The third-order valence-electron chi connectivity index (χ3n) is 10.5. The van der Waals surface area contributed by atoms with E-state index in [0.29, 0.717) is 42.4 Å². The largest absolute Gasteiger partial charge is 0.494 e. The highest BCUT2D eigenvalue weighted by molar-refractivity contribution is 6.35. The van der Waals surface area contributed by atoms with Crippen LogP contribution >= 0.6 is 23.2 Å². The molecule has 1 amide bonds. The summed E-state index contributed by atoms with van der Waals surface area (Å²) in [6.07, 6.45) is 3.23. The zero-order valence-electron chi connectivity index (χ0n) is 30.8. The van der Waals surface area contributed by atoms with E-state index in [-0.39, 0.29) is 23.6 Å². The molecule has 0 aliphatic carbocycles. The predicted molar refractivity (Wildman–Crippen MR) is 209 cm³/mol. The van der Waals surface area contributed by atoms with Gasteiger partial charge in [0.1, 0.15) is 11.4 Å². The lowest BCUT2D eigenvalue weighted by atomic mass is 9.98. The van der Waals surface area contributed by atoms with E-state index < -0.39 is 5.97 Å². The molecule has 1 aliphatic rings. The predicted octanol–water partition coefficient (Wildman–Crippen LogP) is 10.0. The molecule has 0 saturated heterocycles. The number of benzene rings is 3. The van der Waals surface area contributed by atoms with Crippen molar-refractivity contribution in [3.63, 3.8) is 0 Å². The molecule has 0 bridgehead atoms. The number of carboxylic acids is 1. The van der Waals surface area contributed by atoms with E-state index in [1.165, 1.54) is 0 Å². The highest BCUT2D eigenvalue weighted by Crippen LogP contribution is 2.46. The van der Waals surface area contributed by atoms with Crippen LogP contribution in [0.3, 0.4) is 0 Å². The summed E-state index contributed by atoms with van der Waals surface area (Å²) in [6.45, 7) is 15.1. The Labute approximate surface area is 313 Å². The monoisotopic (exact) mass is 739 g/mol. The lowest BCUT2D eigenvalue weighted by molar-refractivity contribution is 0.0696. The summed E-state index contributed by atoms with van der Waals surface area (Å²) in [4.78, 5) is 29.0. The second kappa shape index (κ2) is 13.4. The lowest BCUT2D eigenvalue weighted by Crippen LogP contribution is -2.42. The number of hydrogen-bond donors (Lipinski definition) is 1. The number of anilines is 1. The highest BCUT2D eigenvalue weighted by atomic mass is 35.5. The molecule has 0 spiro atoms. The van der Waals surface area contributed by atoms with Gasteiger partial charge in [0.15, 0.2) is 0 Å². The van der Waals surface area contributed by atoms with Gasteiger partial charge in [0.2, 0.25) is 0 Å². The quantitative estimate of drug-likeness (QED) is 0.149. The first-order valence-electron chi connectivity index (χ1n) is 17.6. The Morgan fingerprint density at radius 3 is 2.37 bits per heavy atom. The number of aromatic nitrogens is 4. The van der Waals surface area contributed by atoms with Crippen molar-refractivity contribution in [1.82, 2.24) is 18.9 Å². The molecule has 1 unspecified atom stereocenters. The van der Waals surface area contributed by atoms with Crippen LogP contribution in [-0.4, -0.2) is 49.0 Å². The number of ether oxygens (including phenoxy) is 1. The second-order valence-electron chi connectivity index (χ2n) is 14.3. The average Bonchev–Trinajstić information content (AvgIpc) is 3.72. The summed E-state index contributed by atoms with van der Waals surface area (Å²) in [5, 5.41) is 17.6. The number of aromatic carboxylic acids is 1. The Hall–Kier alpha value is -4.73. The van der Waals surface area contributed by atoms with Gasteiger partial charge in [-0.25, -0.2) is 4.79 Å². The number of rotatable bonds is 9. The van der Waals surface area contributed by atoms with Gasteiger partial charge in [-0.05, 0) is 114 Å². The van der Waals surface area contributed by atoms with Crippen LogP contribution in [0.4, 0.5) is 5.69 Å². The van der Waals surface area contributed by atoms with Gasteiger partial charge in [-0.3, -0.25) is 9.48 Å². The Balaban J connectivity index is 1.39. The van der Waals surface area contributed by atoms with Crippen molar-refractivity contribution >= 4 is 62.6 Å². The Bertz CT molecular complexity index is 2410. The van der Waals surface area contributed by atoms with E-state index in [2.05, 4.69) is 29.9 Å². The molecule has 0 saturated carbocycles. The highest BCUT2D eigenvalue weighted by Gasteiger charge is 2.38. The molecule has 11 heteroatoms. The fourth-order valence-electron chi connectivity index (χ4n) is 7.95. The van der Waals surface area contributed by atoms with Crippen molar-refractivity contribution in [2.45, 2.75) is 73.4 Å². The van der Waals surface area contributed by atoms with Crippen LogP contribution in [0.1, 0.15) is 88.2 Å². The van der Waals surface area contributed by atoms with Crippen molar-refractivity contribution in [3.8, 4) is 16.9 Å². The van der Waals surface area contributed by atoms with Gasteiger partial charge in [-0.1, -0.05) is 29.3 Å². The van der Waals surface area contributed by atoms with Crippen molar-refractivity contribution in [1.29, 1.82) is 0 Å². The number of carbonyl (C=O) groups excluding carboxylic acids is 1. The van der Waals surface area contributed by atoms with E-state index in [4.69, 9.17) is 33.0 Å². The normalized spacial score (nSPS) is 14.6.